The van der Waals surface area contributed by atoms with Crippen LogP contribution in [0, 0.1) is 0 Å². The number of carbonyl (C=O) groups is 1. The molecule has 0 saturated carbocycles. The van der Waals surface area contributed by atoms with Crippen molar-refractivity contribution in [3.05, 3.63) is 53.4 Å². The molecule has 0 radical (unpaired) electrons. The summed E-state index contributed by atoms with van der Waals surface area (Å²) < 4.78 is 0. The van der Waals surface area contributed by atoms with E-state index in [0.717, 1.165) is 5.56 Å². The molecular formula is C15H17ClN4O. The highest BCUT2D eigenvalue weighted by Gasteiger charge is 2.21. The Labute approximate surface area is 128 Å². The first-order valence-corrected chi connectivity index (χ1v) is 6.92. The van der Waals surface area contributed by atoms with Crippen molar-refractivity contribution < 1.29 is 4.79 Å². The SMILES string of the molecule is CC(C)(CNC(=O)Nc1ccc(Cl)cn1)c1ccncc1. The Kier molecular flexibility index (Phi) is 4.75. The molecule has 2 heterocycles. The first kappa shape index (κ1) is 15.3. The molecule has 0 aliphatic heterocycles. The summed E-state index contributed by atoms with van der Waals surface area (Å²) >= 11 is 5.74. The number of hydrogen-bond acceptors (Lipinski definition) is 3. The molecule has 6 heteroatoms. The van der Waals surface area contributed by atoms with Gasteiger partial charge in [-0.1, -0.05) is 25.4 Å². The van der Waals surface area contributed by atoms with Crippen LogP contribution in [0.25, 0.3) is 0 Å². The van der Waals surface area contributed by atoms with Crippen LogP contribution in [-0.2, 0) is 5.41 Å². The summed E-state index contributed by atoms with van der Waals surface area (Å²) in [6, 6.07) is 6.91. The van der Waals surface area contributed by atoms with Crippen molar-refractivity contribution in [1.29, 1.82) is 0 Å². The molecule has 0 saturated heterocycles. The Balaban J connectivity index is 1.90. The number of urea groups is 1. The van der Waals surface area contributed by atoms with Gasteiger partial charge < -0.3 is 5.32 Å². The quantitative estimate of drug-likeness (QED) is 0.911. The number of carbonyl (C=O) groups excluding carboxylic acids is 1. The molecule has 0 aromatic carbocycles. The van der Waals surface area contributed by atoms with Crippen molar-refractivity contribution in [2.24, 2.45) is 0 Å². The Morgan fingerprint density at radius 3 is 2.57 bits per heavy atom. The minimum absolute atomic E-state index is 0.187. The minimum atomic E-state index is -0.299. The van der Waals surface area contributed by atoms with Gasteiger partial charge in [-0.3, -0.25) is 10.3 Å². The van der Waals surface area contributed by atoms with E-state index in [1.165, 1.54) is 6.20 Å². The van der Waals surface area contributed by atoms with Gasteiger partial charge in [0.2, 0.25) is 0 Å². The van der Waals surface area contributed by atoms with E-state index in [1.807, 2.05) is 12.1 Å². The fourth-order valence-electron chi connectivity index (χ4n) is 1.82. The fraction of sp³-hybridized carbons (Fsp3) is 0.267. The molecule has 110 valence electrons. The van der Waals surface area contributed by atoms with Crippen LogP contribution in [0.15, 0.2) is 42.9 Å². The smallest absolute Gasteiger partial charge is 0.320 e. The molecule has 2 N–H and O–H groups in total. The van der Waals surface area contributed by atoms with Gasteiger partial charge in [0.25, 0.3) is 0 Å². The van der Waals surface area contributed by atoms with Gasteiger partial charge in [0.15, 0.2) is 0 Å². The molecular weight excluding hydrogens is 288 g/mol. The molecule has 2 aromatic heterocycles. The Morgan fingerprint density at radius 1 is 1.24 bits per heavy atom. The second-order valence-corrected chi connectivity index (χ2v) is 5.73. The molecule has 0 aliphatic carbocycles. The highest BCUT2D eigenvalue weighted by atomic mass is 35.5. The number of nitrogens with one attached hydrogen (secondary N) is 2. The van der Waals surface area contributed by atoms with Crippen LogP contribution < -0.4 is 10.6 Å². The van der Waals surface area contributed by atoms with Crippen LogP contribution in [0.4, 0.5) is 10.6 Å². The van der Waals surface area contributed by atoms with Crippen molar-refractivity contribution in [3.63, 3.8) is 0 Å². The molecule has 2 amide bonds. The number of halogens is 1. The van der Waals surface area contributed by atoms with E-state index in [2.05, 4.69) is 34.4 Å². The number of pyridine rings is 2. The lowest BCUT2D eigenvalue weighted by atomic mass is 9.85. The second-order valence-electron chi connectivity index (χ2n) is 5.29. The molecule has 2 rings (SSSR count). The van der Waals surface area contributed by atoms with E-state index in [-0.39, 0.29) is 11.4 Å². The van der Waals surface area contributed by atoms with Crippen LogP contribution in [-0.4, -0.2) is 22.5 Å². The minimum Gasteiger partial charge on any atom is -0.337 e. The average molecular weight is 305 g/mol. The third kappa shape index (κ3) is 4.43. The lowest BCUT2D eigenvalue weighted by Gasteiger charge is -2.25. The zero-order valence-corrected chi connectivity index (χ0v) is 12.7. The number of amides is 2. The summed E-state index contributed by atoms with van der Waals surface area (Å²) in [6.45, 7) is 4.61. The van der Waals surface area contributed by atoms with Gasteiger partial charge in [0, 0.05) is 30.6 Å². The van der Waals surface area contributed by atoms with Gasteiger partial charge >= 0.3 is 6.03 Å². The van der Waals surface area contributed by atoms with E-state index in [9.17, 15) is 4.79 Å². The van der Waals surface area contributed by atoms with Crippen molar-refractivity contribution in [3.8, 4) is 0 Å². The van der Waals surface area contributed by atoms with E-state index >= 15 is 0 Å². The predicted molar refractivity (Wildman–Crippen MR) is 83.5 cm³/mol. The summed E-state index contributed by atoms with van der Waals surface area (Å²) in [5, 5.41) is 6.03. The fourth-order valence-corrected chi connectivity index (χ4v) is 1.93. The zero-order chi connectivity index (χ0) is 15.3. The van der Waals surface area contributed by atoms with Gasteiger partial charge in [-0.15, -0.1) is 0 Å². The van der Waals surface area contributed by atoms with Crippen molar-refractivity contribution in [2.45, 2.75) is 19.3 Å². The molecule has 0 bridgehead atoms. The molecule has 5 nitrogen and oxygen atoms in total. The van der Waals surface area contributed by atoms with Crippen LogP contribution in [0.5, 0.6) is 0 Å². The van der Waals surface area contributed by atoms with Crippen LogP contribution in [0.2, 0.25) is 5.02 Å². The van der Waals surface area contributed by atoms with Gasteiger partial charge in [-0.25, -0.2) is 9.78 Å². The normalized spacial score (nSPS) is 11.0. The summed E-state index contributed by atoms with van der Waals surface area (Å²) in [5.41, 5.74) is 0.927. The maximum atomic E-state index is 11.9. The monoisotopic (exact) mass is 304 g/mol. The third-order valence-electron chi connectivity index (χ3n) is 3.12. The van der Waals surface area contributed by atoms with Crippen LogP contribution in [0.3, 0.4) is 0 Å². The molecule has 0 unspecified atom stereocenters. The average Bonchev–Trinajstić information content (AvgIpc) is 2.49. The summed E-state index contributed by atoms with van der Waals surface area (Å²) in [7, 11) is 0. The predicted octanol–water partition coefficient (Wildman–Crippen LogP) is 3.23. The van der Waals surface area contributed by atoms with Gasteiger partial charge in [0.05, 0.1) is 5.02 Å². The van der Waals surface area contributed by atoms with Crippen molar-refractivity contribution >= 4 is 23.4 Å². The van der Waals surface area contributed by atoms with Gasteiger partial charge in [-0.05, 0) is 29.8 Å². The lowest BCUT2D eigenvalue weighted by molar-refractivity contribution is 0.249. The molecule has 21 heavy (non-hydrogen) atoms. The Hall–Kier alpha value is -2.14. The molecule has 0 fully saturated rings. The Bertz CT molecular complexity index is 599. The topological polar surface area (TPSA) is 66.9 Å². The van der Waals surface area contributed by atoms with E-state index in [4.69, 9.17) is 11.6 Å². The maximum Gasteiger partial charge on any atom is 0.320 e. The number of rotatable bonds is 4. The highest BCUT2D eigenvalue weighted by molar-refractivity contribution is 6.30. The number of hydrogen-bond donors (Lipinski definition) is 2. The first-order valence-electron chi connectivity index (χ1n) is 6.54. The maximum absolute atomic E-state index is 11.9. The summed E-state index contributed by atoms with van der Waals surface area (Å²) in [6.07, 6.45) is 4.97. The summed E-state index contributed by atoms with van der Waals surface area (Å²) in [4.78, 5) is 19.9. The number of nitrogens with zero attached hydrogens (tertiary/aromatic N) is 2. The molecule has 0 spiro atoms. The van der Waals surface area contributed by atoms with Crippen molar-refractivity contribution in [2.75, 3.05) is 11.9 Å². The Morgan fingerprint density at radius 2 is 1.95 bits per heavy atom. The van der Waals surface area contributed by atoms with Crippen molar-refractivity contribution in [1.82, 2.24) is 15.3 Å². The molecule has 0 atom stereocenters. The van der Waals surface area contributed by atoms with E-state index < -0.39 is 0 Å². The number of aromatic nitrogens is 2. The largest absolute Gasteiger partial charge is 0.337 e. The second kappa shape index (κ2) is 6.54. The summed E-state index contributed by atoms with van der Waals surface area (Å²) in [5.74, 6) is 0.457. The van der Waals surface area contributed by atoms with E-state index in [0.29, 0.717) is 17.4 Å². The van der Waals surface area contributed by atoms with Crippen LogP contribution >= 0.6 is 11.6 Å². The van der Waals surface area contributed by atoms with Gasteiger partial charge in [0.1, 0.15) is 5.82 Å². The number of anilines is 1. The lowest BCUT2D eigenvalue weighted by Crippen LogP contribution is -2.39. The third-order valence-corrected chi connectivity index (χ3v) is 3.35. The van der Waals surface area contributed by atoms with E-state index in [1.54, 1.807) is 24.5 Å². The molecule has 0 aliphatic rings. The highest BCUT2D eigenvalue weighted by Crippen LogP contribution is 2.21. The molecule has 2 aromatic rings. The first-order chi connectivity index (χ1) is 9.97. The van der Waals surface area contributed by atoms with Crippen LogP contribution in [0.1, 0.15) is 19.4 Å². The standard InChI is InChI=1S/C15H17ClN4O/c1-15(2,11-5-7-17-8-6-11)10-19-14(21)20-13-4-3-12(16)9-18-13/h3-9H,10H2,1-2H3,(H2,18,19,20,21). The zero-order valence-electron chi connectivity index (χ0n) is 11.9. The van der Waals surface area contributed by atoms with Gasteiger partial charge in [-0.2, -0.15) is 0 Å².